The molecule has 4 nitrogen and oxygen atoms in total. The van der Waals surface area contributed by atoms with Crippen LogP contribution in [0.4, 0.5) is 0 Å². The quantitative estimate of drug-likeness (QED) is 0.732. The first-order chi connectivity index (χ1) is 6.38. The van der Waals surface area contributed by atoms with Crippen LogP contribution in [0.15, 0.2) is 12.3 Å². The highest BCUT2D eigenvalue weighted by atomic mass is 16.1. The summed E-state index contributed by atoms with van der Waals surface area (Å²) in [6.07, 6.45) is 1.77. The van der Waals surface area contributed by atoms with Crippen molar-refractivity contribution in [1.29, 1.82) is 0 Å². The number of hydrogen-bond donors (Lipinski definition) is 1. The van der Waals surface area contributed by atoms with Crippen molar-refractivity contribution >= 4 is 5.78 Å². The number of carbonyl (C=O) groups excluding carboxylic acids is 1. The molecule has 0 spiro atoms. The topological polar surface area (TPSA) is 46.9 Å². The zero-order chi connectivity index (χ0) is 10.8. The van der Waals surface area contributed by atoms with Gasteiger partial charge in [0.25, 0.3) is 0 Å². The molecule has 0 aliphatic heterocycles. The smallest absolute Gasteiger partial charge is 0.196 e. The molecule has 4 heteroatoms. The standard InChI is InChI=1S/C10H17N3O/c1-10(2,3)11-7-9(14)8-5-6-13(4)12-8/h5-6,11H,7H2,1-4H3. The van der Waals surface area contributed by atoms with Crippen LogP contribution in [0.2, 0.25) is 0 Å². The molecule has 1 rings (SSSR count). The zero-order valence-electron chi connectivity index (χ0n) is 9.16. The van der Waals surface area contributed by atoms with Crippen LogP contribution in [0.5, 0.6) is 0 Å². The maximum atomic E-state index is 11.6. The summed E-state index contributed by atoms with van der Waals surface area (Å²) < 4.78 is 1.63. The van der Waals surface area contributed by atoms with Crippen molar-refractivity contribution in [3.8, 4) is 0 Å². The minimum absolute atomic E-state index is 0.0283. The largest absolute Gasteiger partial charge is 0.305 e. The molecule has 0 aromatic carbocycles. The van der Waals surface area contributed by atoms with E-state index in [1.165, 1.54) is 0 Å². The summed E-state index contributed by atoms with van der Waals surface area (Å²) in [5, 5.41) is 7.17. The molecule has 0 atom stereocenters. The summed E-state index contributed by atoms with van der Waals surface area (Å²) in [4.78, 5) is 11.6. The zero-order valence-corrected chi connectivity index (χ0v) is 9.16. The fourth-order valence-corrected chi connectivity index (χ4v) is 1.000. The van der Waals surface area contributed by atoms with Gasteiger partial charge in [-0.2, -0.15) is 5.10 Å². The van der Waals surface area contributed by atoms with Gasteiger partial charge < -0.3 is 5.32 Å². The van der Waals surface area contributed by atoms with Crippen LogP contribution in [-0.4, -0.2) is 27.6 Å². The van der Waals surface area contributed by atoms with Gasteiger partial charge in [-0.15, -0.1) is 0 Å². The fraction of sp³-hybridized carbons (Fsp3) is 0.600. The molecule has 1 N–H and O–H groups in total. The highest BCUT2D eigenvalue weighted by Gasteiger charge is 2.13. The lowest BCUT2D eigenvalue weighted by molar-refractivity contribution is 0.0976. The van der Waals surface area contributed by atoms with Gasteiger partial charge in [-0.1, -0.05) is 0 Å². The molecule has 0 radical (unpaired) electrons. The maximum absolute atomic E-state index is 11.6. The van der Waals surface area contributed by atoms with Crippen molar-refractivity contribution in [2.24, 2.45) is 7.05 Å². The molecule has 0 unspecified atom stereocenters. The number of aromatic nitrogens is 2. The van der Waals surface area contributed by atoms with Crippen LogP contribution >= 0.6 is 0 Å². The Kier molecular flexibility index (Phi) is 3.06. The Balaban J connectivity index is 2.52. The Morgan fingerprint density at radius 2 is 2.21 bits per heavy atom. The minimum Gasteiger partial charge on any atom is -0.305 e. The number of rotatable bonds is 3. The Morgan fingerprint density at radius 3 is 2.64 bits per heavy atom. The number of nitrogens with one attached hydrogen (secondary N) is 1. The van der Waals surface area contributed by atoms with Crippen molar-refractivity contribution in [1.82, 2.24) is 15.1 Å². The molecule has 78 valence electrons. The highest BCUT2D eigenvalue weighted by Crippen LogP contribution is 2.00. The van der Waals surface area contributed by atoms with Crippen LogP contribution in [-0.2, 0) is 7.05 Å². The van der Waals surface area contributed by atoms with Crippen LogP contribution in [0.3, 0.4) is 0 Å². The molecule has 1 aromatic rings. The minimum atomic E-state index is -0.0373. The predicted octanol–water partition coefficient (Wildman–Crippen LogP) is 0.991. The van der Waals surface area contributed by atoms with E-state index in [0.29, 0.717) is 12.2 Å². The molecule has 0 aliphatic rings. The molecule has 0 fully saturated rings. The first kappa shape index (κ1) is 10.9. The fourth-order valence-electron chi connectivity index (χ4n) is 1.000. The number of hydrogen-bond acceptors (Lipinski definition) is 3. The summed E-state index contributed by atoms with van der Waals surface area (Å²) in [5.41, 5.74) is 0.481. The molecular weight excluding hydrogens is 178 g/mol. The van der Waals surface area contributed by atoms with Gasteiger partial charge in [-0.3, -0.25) is 9.48 Å². The number of carbonyl (C=O) groups is 1. The molecule has 1 aromatic heterocycles. The molecule has 1 heterocycles. The SMILES string of the molecule is Cn1ccc(C(=O)CNC(C)(C)C)n1. The molecular formula is C10H17N3O. The van der Waals surface area contributed by atoms with E-state index < -0.39 is 0 Å². The number of ketones is 1. The Labute approximate surface area is 84.3 Å². The summed E-state index contributed by atoms with van der Waals surface area (Å²) in [5.74, 6) is 0.0283. The second kappa shape index (κ2) is 3.92. The van der Waals surface area contributed by atoms with Gasteiger partial charge in [0.2, 0.25) is 0 Å². The van der Waals surface area contributed by atoms with E-state index in [1.54, 1.807) is 24.0 Å². The van der Waals surface area contributed by atoms with E-state index >= 15 is 0 Å². The van der Waals surface area contributed by atoms with Crippen LogP contribution in [0.25, 0.3) is 0 Å². The van der Waals surface area contributed by atoms with Crippen molar-refractivity contribution < 1.29 is 4.79 Å². The van der Waals surface area contributed by atoms with E-state index in [9.17, 15) is 4.79 Å². The van der Waals surface area contributed by atoms with Gasteiger partial charge in [0.1, 0.15) is 5.69 Å². The average Bonchev–Trinajstić information content (AvgIpc) is 2.46. The number of aryl methyl sites for hydroxylation is 1. The van der Waals surface area contributed by atoms with E-state index in [2.05, 4.69) is 10.4 Å². The van der Waals surface area contributed by atoms with Crippen molar-refractivity contribution in [3.05, 3.63) is 18.0 Å². The van der Waals surface area contributed by atoms with E-state index in [0.717, 1.165) is 0 Å². The monoisotopic (exact) mass is 195 g/mol. The summed E-state index contributed by atoms with van der Waals surface area (Å²) in [7, 11) is 1.80. The van der Waals surface area contributed by atoms with Crippen molar-refractivity contribution in [2.45, 2.75) is 26.3 Å². The molecule has 0 bridgehead atoms. The normalized spacial score (nSPS) is 11.7. The Bertz CT molecular complexity index is 322. The first-order valence-corrected chi connectivity index (χ1v) is 4.66. The third-order valence-electron chi connectivity index (χ3n) is 1.78. The van der Waals surface area contributed by atoms with Crippen LogP contribution in [0.1, 0.15) is 31.3 Å². The van der Waals surface area contributed by atoms with Gasteiger partial charge in [0, 0.05) is 18.8 Å². The van der Waals surface area contributed by atoms with Crippen LogP contribution in [0, 0.1) is 0 Å². The van der Waals surface area contributed by atoms with Crippen molar-refractivity contribution in [3.63, 3.8) is 0 Å². The predicted molar refractivity (Wildman–Crippen MR) is 55.3 cm³/mol. The average molecular weight is 195 g/mol. The molecule has 0 saturated heterocycles. The lowest BCUT2D eigenvalue weighted by atomic mass is 10.1. The van der Waals surface area contributed by atoms with E-state index in [4.69, 9.17) is 0 Å². The second-order valence-corrected chi connectivity index (χ2v) is 4.40. The number of nitrogens with zero attached hydrogens (tertiary/aromatic N) is 2. The van der Waals surface area contributed by atoms with Crippen LogP contribution < -0.4 is 5.32 Å². The third-order valence-corrected chi connectivity index (χ3v) is 1.78. The second-order valence-electron chi connectivity index (χ2n) is 4.40. The third kappa shape index (κ3) is 3.30. The van der Waals surface area contributed by atoms with Gasteiger partial charge in [-0.25, -0.2) is 0 Å². The summed E-state index contributed by atoms with van der Waals surface area (Å²) >= 11 is 0. The van der Waals surface area contributed by atoms with Gasteiger partial charge in [0.15, 0.2) is 5.78 Å². The summed E-state index contributed by atoms with van der Waals surface area (Å²) in [6, 6.07) is 1.73. The highest BCUT2D eigenvalue weighted by molar-refractivity contribution is 5.95. The molecule has 14 heavy (non-hydrogen) atoms. The molecule has 0 aliphatic carbocycles. The van der Waals surface area contributed by atoms with E-state index in [-0.39, 0.29) is 11.3 Å². The van der Waals surface area contributed by atoms with E-state index in [1.807, 2.05) is 20.8 Å². The first-order valence-electron chi connectivity index (χ1n) is 4.66. The lowest BCUT2D eigenvalue weighted by Crippen LogP contribution is -2.39. The van der Waals surface area contributed by atoms with Gasteiger partial charge >= 0.3 is 0 Å². The van der Waals surface area contributed by atoms with Gasteiger partial charge in [0.05, 0.1) is 6.54 Å². The van der Waals surface area contributed by atoms with Crippen molar-refractivity contribution in [2.75, 3.05) is 6.54 Å². The Morgan fingerprint density at radius 1 is 1.57 bits per heavy atom. The maximum Gasteiger partial charge on any atom is 0.196 e. The molecule has 0 amide bonds. The van der Waals surface area contributed by atoms with Gasteiger partial charge in [-0.05, 0) is 26.8 Å². The number of Topliss-reactive ketones (excluding diaryl/α,β-unsaturated/α-hetero) is 1. The summed E-state index contributed by atoms with van der Waals surface area (Å²) in [6.45, 7) is 6.41. The Hall–Kier alpha value is -1.16. The molecule has 0 saturated carbocycles. The lowest BCUT2D eigenvalue weighted by Gasteiger charge is -2.19.